The van der Waals surface area contributed by atoms with Gasteiger partial charge in [-0.1, -0.05) is 42.5 Å². The van der Waals surface area contributed by atoms with Crippen LogP contribution in [0, 0.1) is 0 Å². The van der Waals surface area contributed by atoms with Crippen molar-refractivity contribution in [2.45, 2.75) is 13.2 Å². The average Bonchev–Trinajstić information content (AvgIpc) is 3.25. The number of fused-ring (bicyclic) bond motifs is 2. The van der Waals surface area contributed by atoms with Crippen molar-refractivity contribution in [1.29, 1.82) is 0 Å². The topological polar surface area (TPSA) is 103 Å². The standard InChI is InChI=1S/C26H24N6O/c27-30-26(31-28)21-6-3-4-18(14-21)16-32-13-12-20-9-11-23(15-25(20)32)33-17-22-10-8-19-5-1-2-7-24(19)29-22/h1-15H,16-17,27-28H2,(H,30,31). The quantitative estimate of drug-likeness (QED) is 0.162. The summed E-state index contributed by atoms with van der Waals surface area (Å²) in [4.78, 5) is 4.69. The van der Waals surface area contributed by atoms with Gasteiger partial charge in [-0.15, -0.1) is 0 Å². The minimum atomic E-state index is 0.409. The van der Waals surface area contributed by atoms with Gasteiger partial charge < -0.3 is 20.6 Å². The third kappa shape index (κ3) is 4.35. The van der Waals surface area contributed by atoms with Crippen molar-refractivity contribution in [1.82, 2.24) is 15.0 Å². The van der Waals surface area contributed by atoms with E-state index in [9.17, 15) is 0 Å². The summed E-state index contributed by atoms with van der Waals surface area (Å²) in [5.41, 5.74) is 7.42. The molecule has 7 nitrogen and oxygen atoms in total. The minimum absolute atomic E-state index is 0.409. The van der Waals surface area contributed by atoms with E-state index in [4.69, 9.17) is 16.4 Å². The van der Waals surface area contributed by atoms with Crippen molar-refractivity contribution in [3.63, 3.8) is 0 Å². The van der Waals surface area contributed by atoms with Crippen LogP contribution in [-0.4, -0.2) is 15.4 Å². The Labute approximate surface area is 191 Å². The number of para-hydroxylation sites is 1. The van der Waals surface area contributed by atoms with Crippen molar-refractivity contribution < 1.29 is 4.74 Å². The molecule has 0 saturated carbocycles. The Bertz CT molecular complexity index is 1460. The summed E-state index contributed by atoms with van der Waals surface area (Å²) < 4.78 is 8.26. The van der Waals surface area contributed by atoms with Crippen molar-refractivity contribution in [3.8, 4) is 5.75 Å². The van der Waals surface area contributed by atoms with Crippen LogP contribution in [0.2, 0.25) is 0 Å². The number of ether oxygens (including phenoxy) is 1. The lowest BCUT2D eigenvalue weighted by Crippen LogP contribution is -2.32. The first-order chi connectivity index (χ1) is 16.2. The fourth-order valence-corrected chi connectivity index (χ4v) is 3.95. The van der Waals surface area contributed by atoms with Crippen LogP contribution in [0.15, 0.2) is 96.2 Å². The summed E-state index contributed by atoms with van der Waals surface area (Å²) in [5, 5.41) is 5.96. The molecule has 0 radical (unpaired) electrons. The molecule has 0 atom stereocenters. The minimum Gasteiger partial charge on any atom is -0.487 e. The van der Waals surface area contributed by atoms with Gasteiger partial charge in [0, 0.05) is 29.8 Å². The maximum atomic E-state index is 6.08. The molecular formula is C26H24N6O. The zero-order chi connectivity index (χ0) is 22.6. The van der Waals surface area contributed by atoms with Gasteiger partial charge in [-0.05, 0) is 47.3 Å². The smallest absolute Gasteiger partial charge is 0.166 e. The number of nitrogens with one attached hydrogen (secondary N) is 1. The lowest BCUT2D eigenvalue weighted by atomic mass is 10.1. The number of nitrogens with zero attached hydrogens (tertiary/aromatic N) is 3. The second kappa shape index (κ2) is 9.02. The van der Waals surface area contributed by atoms with Crippen LogP contribution < -0.4 is 21.8 Å². The van der Waals surface area contributed by atoms with E-state index >= 15 is 0 Å². The molecule has 0 bridgehead atoms. The Morgan fingerprint density at radius 2 is 1.82 bits per heavy atom. The van der Waals surface area contributed by atoms with Crippen LogP contribution in [0.25, 0.3) is 21.8 Å². The maximum absolute atomic E-state index is 6.08. The fourth-order valence-electron chi connectivity index (χ4n) is 3.95. The maximum Gasteiger partial charge on any atom is 0.166 e. The molecule has 5 N–H and O–H groups in total. The van der Waals surface area contributed by atoms with Crippen molar-refractivity contribution in [2.75, 3.05) is 0 Å². The summed E-state index contributed by atoms with van der Waals surface area (Å²) in [5.74, 6) is 12.2. The van der Waals surface area contributed by atoms with Crippen LogP contribution in [0.5, 0.6) is 5.75 Å². The number of hydrazone groups is 1. The highest BCUT2D eigenvalue weighted by Gasteiger charge is 2.07. The average molecular weight is 437 g/mol. The zero-order valence-corrected chi connectivity index (χ0v) is 18.0. The van der Waals surface area contributed by atoms with Gasteiger partial charge in [-0.25, -0.2) is 10.8 Å². The lowest BCUT2D eigenvalue weighted by molar-refractivity contribution is 0.302. The van der Waals surface area contributed by atoms with Crippen LogP contribution >= 0.6 is 0 Å². The van der Waals surface area contributed by atoms with Crippen molar-refractivity contribution in [2.24, 2.45) is 16.8 Å². The molecule has 0 fully saturated rings. The van der Waals surface area contributed by atoms with Gasteiger partial charge in [-0.3, -0.25) is 0 Å². The Hall–Kier alpha value is -4.36. The monoisotopic (exact) mass is 436 g/mol. The van der Waals surface area contributed by atoms with E-state index < -0.39 is 0 Å². The first-order valence-electron chi connectivity index (χ1n) is 10.6. The van der Waals surface area contributed by atoms with E-state index in [0.717, 1.165) is 44.4 Å². The number of aromatic nitrogens is 2. The molecule has 0 amide bonds. The summed E-state index contributed by atoms with van der Waals surface area (Å²) in [6.45, 7) is 1.10. The molecular weight excluding hydrogens is 412 g/mol. The molecule has 0 saturated heterocycles. The molecule has 0 aliphatic heterocycles. The number of nitrogens with two attached hydrogens (primary N) is 2. The Morgan fingerprint density at radius 1 is 0.939 bits per heavy atom. The molecule has 2 heterocycles. The number of hydrogen-bond acceptors (Lipinski definition) is 5. The van der Waals surface area contributed by atoms with Gasteiger partial charge in [0.15, 0.2) is 5.84 Å². The van der Waals surface area contributed by atoms with Gasteiger partial charge >= 0.3 is 0 Å². The lowest BCUT2D eigenvalue weighted by Gasteiger charge is -2.11. The van der Waals surface area contributed by atoms with Crippen LogP contribution in [0.4, 0.5) is 0 Å². The van der Waals surface area contributed by atoms with E-state index in [2.05, 4.69) is 62.7 Å². The molecule has 3 aromatic carbocycles. The van der Waals surface area contributed by atoms with Crippen molar-refractivity contribution in [3.05, 3.63) is 108 Å². The number of hydrogen-bond donors (Lipinski definition) is 3. The summed E-state index contributed by atoms with van der Waals surface area (Å²) in [6, 6.07) is 28.3. The molecule has 7 heteroatoms. The predicted molar refractivity (Wildman–Crippen MR) is 132 cm³/mol. The van der Waals surface area contributed by atoms with Crippen LogP contribution in [0.3, 0.4) is 0 Å². The number of pyridine rings is 1. The molecule has 164 valence electrons. The molecule has 2 aromatic heterocycles. The third-order valence-electron chi connectivity index (χ3n) is 5.61. The van der Waals surface area contributed by atoms with Gasteiger partial charge in [-0.2, -0.15) is 5.10 Å². The second-order valence-corrected chi connectivity index (χ2v) is 7.77. The molecule has 5 rings (SSSR count). The molecule has 0 spiro atoms. The number of benzene rings is 3. The van der Waals surface area contributed by atoms with Crippen molar-refractivity contribution >= 4 is 27.6 Å². The molecule has 5 aromatic rings. The largest absolute Gasteiger partial charge is 0.487 e. The first-order valence-corrected chi connectivity index (χ1v) is 10.6. The number of amidine groups is 1. The van der Waals surface area contributed by atoms with E-state index in [1.165, 1.54) is 0 Å². The van der Waals surface area contributed by atoms with Gasteiger partial charge in [0.2, 0.25) is 0 Å². The van der Waals surface area contributed by atoms with Crippen LogP contribution in [0.1, 0.15) is 16.8 Å². The van der Waals surface area contributed by atoms with Gasteiger partial charge in [0.25, 0.3) is 0 Å². The Morgan fingerprint density at radius 3 is 2.70 bits per heavy atom. The highest BCUT2D eigenvalue weighted by atomic mass is 16.5. The normalized spacial score (nSPS) is 11.7. The predicted octanol–water partition coefficient (Wildman–Crippen LogP) is 3.90. The van der Waals surface area contributed by atoms with E-state index in [-0.39, 0.29) is 0 Å². The van der Waals surface area contributed by atoms with E-state index in [1.54, 1.807) is 0 Å². The second-order valence-electron chi connectivity index (χ2n) is 7.77. The summed E-state index contributed by atoms with van der Waals surface area (Å²) in [7, 11) is 0. The summed E-state index contributed by atoms with van der Waals surface area (Å²) >= 11 is 0. The van der Waals surface area contributed by atoms with E-state index in [0.29, 0.717) is 19.0 Å². The number of rotatable bonds is 6. The Kier molecular flexibility index (Phi) is 5.61. The first kappa shape index (κ1) is 20.5. The number of hydrazine groups is 1. The molecule has 0 unspecified atom stereocenters. The SMILES string of the molecule is N/N=C(\NN)c1cccc(Cn2ccc3ccc(OCc4ccc5ccccc5n4)cc32)c1. The highest BCUT2D eigenvalue weighted by molar-refractivity contribution is 5.98. The van der Waals surface area contributed by atoms with Gasteiger partial charge in [0.1, 0.15) is 12.4 Å². The third-order valence-corrected chi connectivity index (χ3v) is 5.61. The molecule has 0 aliphatic carbocycles. The fraction of sp³-hybridized carbons (Fsp3) is 0.0769. The molecule has 33 heavy (non-hydrogen) atoms. The van der Waals surface area contributed by atoms with Crippen LogP contribution in [-0.2, 0) is 13.2 Å². The zero-order valence-electron chi connectivity index (χ0n) is 18.0. The van der Waals surface area contributed by atoms with E-state index in [1.807, 2.05) is 48.5 Å². The van der Waals surface area contributed by atoms with Gasteiger partial charge in [0.05, 0.1) is 16.7 Å². The highest BCUT2D eigenvalue weighted by Crippen LogP contribution is 2.24. The summed E-state index contributed by atoms with van der Waals surface area (Å²) in [6.07, 6.45) is 2.07. The molecule has 0 aliphatic rings. The Balaban J connectivity index is 1.36.